The maximum atomic E-state index is 4.60. The van der Waals surface area contributed by atoms with E-state index in [1.165, 1.54) is 21.8 Å². The van der Waals surface area contributed by atoms with Gasteiger partial charge in [0.1, 0.15) is 0 Å². The van der Waals surface area contributed by atoms with Crippen molar-refractivity contribution in [3.63, 3.8) is 0 Å². The van der Waals surface area contributed by atoms with E-state index in [-0.39, 0.29) is 0 Å². The molecule has 2 heterocycles. The highest BCUT2D eigenvalue weighted by molar-refractivity contribution is 7.14. The first-order chi connectivity index (χ1) is 13.8. The van der Waals surface area contributed by atoms with Crippen molar-refractivity contribution in [2.24, 2.45) is 12.1 Å². The molecule has 5 rings (SSSR count). The van der Waals surface area contributed by atoms with Crippen LogP contribution in [0.5, 0.6) is 0 Å². The van der Waals surface area contributed by atoms with E-state index in [0.29, 0.717) is 0 Å². The smallest absolute Gasteiger partial charge is 0.203 e. The van der Waals surface area contributed by atoms with Crippen LogP contribution in [0, 0.1) is 0 Å². The summed E-state index contributed by atoms with van der Waals surface area (Å²) >= 11 is 1.55. The van der Waals surface area contributed by atoms with Crippen LogP contribution in [0.25, 0.3) is 33.1 Å². The van der Waals surface area contributed by atoms with Gasteiger partial charge in [0.25, 0.3) is 0 Å². The van der Waals surface area contributed by atoms with Crippen molar-refractivity contribution in [3.05, 3.63) is 83.7 Å². The average Bonchev–Trinajstić information content (AvgIpc) is 3.33. The molecule has 0 fully saturated rings. The number of hydrazone groups is 1. The van der Waals surface area contributed by atoms with Crippen LogP contribution in [0.2, 0.25) is 0 Å². The van der Waals surface area contributed by atoms with Crippen LogP contribution in [0.4, 0.5) is 5.13 Å². The lowest BCUT2D eigenvalue weighted by molar-refractivity contribution is 1.01. The largest absolute Gasteiger partial charge is 0.344 e. The van der Waals surface area contributed by atoms with Gasteiger partial charge in [-0.2, -0.15) is 5.10 Å². The van der Waals surface area contributed by atoms with Crippen molar-refractivity contribution in [2.45, 2.75) is 0 Å². The van der Waals surface area contributed by atoms with Crippen molar-refractivity contribution >= 4 is 44.5 Å². The summed E-state index contributed by atoms with van der Waals surface area (Å²) in [6.07, 6.45) is 1.84. The molecule has 0 aliphatic rings. The van der Waals surface area contributed by atoms with Gasteiger partial charge in [0.05, 0.1) is 11.9 Å². The standard InChI is InChI=1S/C23H18N4S/c1-27-21-10-6-5-9-18(21)19-13-16(11-12-22(19)27)14-24-26-23-25-20(15-28-23)17-7-3-2-4-8-17/h2-15H,1H3,(H,25,26). The fourth-order valence-corrected chi connectivity index (χ4v) is 4.16. The summed E-state index contributed by atoms with van der Waals surface area (Å²) in [4.78, 5) is 4.60. The fourth-order valence-electron chi connectivity index (χ4n) is 3.49. The molecule has 0 unspecified atom stereocenters. The van der Waals surface area contributed by atoms with Crippen LogP contribution in [-0.2, 0) is 7.05 Å². The summed E-state index contributed by atoms with van der Waals surface area (Å²) in [6.45, 7) is 0. The number of aromatic nitrogens is 2. The Morgan fingerprint density at radius 2 is 1.71 bits per heavy atom. The van der Waals surface area contributed by atoms with Gasteiger partial charge in [0.15, 0.2) is 0 Å². The molecule has 3 aromatic carbocycles. The topological polar surface area (TPSA) is 42.2 Å². The molecular weight excluding hydrogens is 364 g/mol. The van der Waals surface area contributed by atoms with E-state index in [0.717, 1.165) is 22.0 Å². The Labute approximate surface area is 166 Å². The van der Waals surface area contributed by atoms with Crippen LogP contribution in [-0.4, -0.2) is 15.8 Å². The number of nitrogens with zero attached hydrogens (tertiary/aromatic N) is 3. The van der Waals surface area contributed by atoms with E-state index >= 15 is 0 Å². The highest BCUT2D eigenvalue weighted by atomic mass is 32.1. The van der Waals surface area contributed by atoms with E-state index < -0.39 is 0 Å². The molecule has 0 amide bonds. The number of hydrogen-bond donors (Lipinski definition) is 1. The fraction of sp³-hybridized carbons (Fsp3) is 0.0435. The Morgan fingerprint density at radius 1 is 0.929 bits per heavy atom. The first-order valence-corrected chi connectivity index (χ1v) is 9.95. The highest BCUT2D eigenvalue weighted by Gasteiger charge is 2.07. The molecule has 0 spiro atoms. The zero-order chi connectivity index (χ0) is 18.9. The molecule has 0 aliphatic heterocycles. The number of rotatable bonds is 4. The maximum absolute atomic E-state index is 4.60. The van der Waals surface area contributed by atoms with Gasteiger partial charge < -0.3 is 4.57 Å². The average molecular weight is 382 g/mol. The van der Waals surface area contributed by atoms with Crippen LogP contribution in [0.3, 0.4) is 0 Å². The summed E-state index contributed by atoms with van der Waals surface area (Å²) in [7, 11) is 2.10. The van der Waals surface area contributed by atoms with Gasteiger partial charge in [-0.15, -0.1) is 11.3 Å². The second-order valence-electron chi connectivity index (χ2n) is 6.63. The second-order valence-corrected chi connectivity index (χ2v) is 7.48. The normalized spacial score (nSPS) is 11.6. The summed E-state index contributed by atoms with van der Waals surface area (Å²) in [5.74, 6) is 0. The van der Waals surface area contributed by atoms with Crippen LogP contribution in [0.1, 0.15) is 5.56 Å². The SMILES string of the molecule is Cn1c2ccccc2c2cc(C=NNc3nc(-c4ccccc4)cs3)ccc21. The number of nitrogens with one attached hydrogen (secondary N) is 1. The predicted octanol–water partition coefficient (Wildman–Crippen LogP) is 5.90. The molecule has 0 atom stereocenters. The van der Waals surface area contributed by atoms with E-state index in [1.54, 1.807) is 11.3 Å². The Balaban J connectivity index is 1.39. The third-order valence-corrected chi connectivity index (χ3v) is 5.63. The second kappa shape index (κ2) is 6.94. The molecule has 0 saturated heterocycles. The minimum Gasteiger partial charge on any atom is -0.344 e. The monoisotopic (exact) mass is 382 g/mol. The van der Waals surface area contributed by atoms with Crippen molar-refractivity contribution in [3.8, 4) is 11.3 Å². The van der Waals surface area contributed by atoms with Gasteiger partial charge in [0, 0.05) is 39.8 Å². The van der Waals surface area contributed by atoms with E-state index in [2.05, 4.69) is 81.7 Å². The number of aryl methyl sites for hydroxylation is 1. The molecule has 2 aromatic heterocycles. The molecule has 1 N–H and O–H groups in total. The minimum atomic E-state index is 0.779. The van der Waals surface area contributed by atoms with Gasteiger partial charge in [-0.05, 0) is 23.8 Å². The lowest BCUT2D eigenvalue weighted by atomic mass is 10.1. The van der Waals surface area contributed by atoms with Gasteiger partial charge >= 0.3 is 0 Å². The number of benzene rings is 3. The molecular formula is C23H18N4S. The molecule has 0 bridgehead atoms. The van der Waals surface area contributed by atoms with Gasteiger partial charge in [-0.1, -0.05) is 54.6 Å². The molecule has 0 aliphatic carbocycles. The number of hydrogen-bond acceptors (Lipinski definition) is 4. The molecule has 0 radical (unpaired) electrons. The Bertz CT molecular complexity index is 1300. The van der Waals surface area contributed by atoms with Crippen LogP contribution >= 0.6 is 11.3 Å². The predicted molar refractivity (Wildman–Crippen MR) is 119 cm³/mol. The van der Waals surface area contributed by atoms with Crippen molar-refractivity contribution in [1.82, 2.24) is 9.55 Å². The first kappa shape index (κ1) is 16.7. The van der Waals surface area contributed by atoms with E-state index in [1.807, 2.05) is 29.8 Å². The summed E-state index contributed by atoms with van der Waals surface area (Å²) in [6, 6.07) is 25.0. The number of anilines is 1. The van der Waals surface area contributed by atoms with Gasteiger partial charge in [-0.3, -0.25) is 5.43 Å². The Hall–Kier alpha value is -3.44. The van der Waals surface area contributed by atoms with Crippen LogP contribution < -0.4 is 5.43 Å². The van der Waals surface area contributed by atoms with Crippen molar-refractivity contribution in [2.75, 3.05) is 5.43 Å². The molecule has 5 aromatic rings. The maximum Gasteiger partial charge on any atom is 0.203 e. The summed E-state index contributed by atoms with van der Waals surface area (Å²) in [5, 5.41) is 9.69. The quantitative estimate of drug-likeness (QED) is 0.310. The Morgan fingerprint density at radius 3 is 2.61 bits per heavy atom. The summed E-state index contributed by atoms with van der Waals surface area (Å²) in [5.41, 5.74) is 8.62. The lowest BCUT2D eigenvalue weighted by Gasteiger charge is -1.98. The number of fused-ring (bicyclic) bond motifs is 3. The molecule has 0 saturated carbocycles. The van der Waals surface area contributed by atoms with Crippen molar-refractivity contribution < 1.29 is 0 Å². The number of para-hydroxylation sites is 1. The van der Waals surface area contributed by atoms with Gasteiger partial charge in [-0.25, -0.2) is 4.98 Å². The highest BCUT2D eigenvalue weighted by Crippen LogP contribution is 2.28. The third kappa shape index (κ3) is 2.96. The molecule has 5 heteroatoms. The minimum absolute atomic E-state index is 0.779. The molecule has 4 nitrogen and oxygen atoms in total. The van der Waals surface area contributed by atoms with E-state index in [4.69, 9.17) is 0 Å². The zero-order valence-corrected chi connectivity index (χ0v) is 16.1. The third-order valence-electron chi connectivity index (χ3n) is 4.89. The molecule has 28 heavy (non-hydrogen) atoms. The van der Waals surface area contributed by atoms with Crippen molar-refractivity contribution in [1.29, 1.82) is 0 Å². The van der Waals surface area contributed by atoms with Crippen LogP contribution in [0.15, 0.2) is 83.3 Å². The first-order valence-electron chi connectivity index (χ1n) is 9.07. The Kier molecular flexibility index (Phi) is 4.14. The van der Waals surface area contributed by atoms with Gasteiger partial charge in [0.2, 0.25) is 5.13 Å². The number of thiazole rings is 1. The lowest BCUT2D eigenvalue weighted by Crippen LogP contribution is -1.91. The van der Waals surface area contributed by atoms with E-state index in [9.17, 15) is 0 Å². The zero-order valence-electron chi connectivity index (χ0n) is 15.3. The summed E-state index contributed by atoms with van der Waals surface area (Å²) < 4.78 is 2.23. The molecule has 136 valence electrons.